The lowest BCUT2D eigenvalue weighted by Gasteiger charge is -2.41. The average Bonchev–Trinajstić information content (AvgIpc) is 3.01. The van der Waals surface area contributed by atoms with Crippen LogP contribution in [0.25, 0.3) is 0 Å². The Labute approximate surface area is 159 Å². The van der Waals surface area contributed by atoms with Crippen LogP contribution in [0.5, 0.6) is 5.75 Å². The van der Waals surface area contributed by atoms with Crippen LogP contribution in [0.4, 0.5) is 4.79 Å². The summed E-state index contributed by atoms with van der Waals surface area (Å²) in [4.78, 5) is 17.0. The zero-order chi connectivity index (χ0) is 19.0. The van der Waals surface area contributed by atoms with Gasteiger partial charge in [-0.1, -0.05) is 30.3 Å². The van der Waals surface area contributed by atoms with Crippen LogP contribution in [0, 0.1) is 11.3 Å². The van der Waals surface area contributed by atoms with Crippen molar-refractivity contribution < 1.29 is 9.53 Å². The van der Waals surface area contributed by atoms with Gasteiger partial charge in [-0.05, 0) is 37.6 Å². The maximum Gasteiger partial charge on any atom is 0.320 e. The molecule has 0 saturated carbocycles. The molecule has 1 fully saturated rings. The smallest absolute Gasteiger partial charge is 0.320 e. The summed E-state index contributed by atoms with van der Waals surface area (Å²) >= 11 is 0. The van der Waals surface area contributed by atoms with E-state index in [4.69, 9.17) is 4.74 Å². The van der Waals surface area contributed by atoms with Gasteiger partial charge < -0.3 is 14.5 Å². The molecule has 0 radical (unpaired) electrons. The molecule has 0 aromatic heterocycles. The molecular weight excluding hydrogens is 338 g/mol. The molecule has 4 rings (SSSR count). The minimum absolute atomic E-state index is 0.0508. The molecule has 2 heterocycles. The van der Waals surface area contributed by atoms with Crippen molar-refractivity contribution in [3.05, 3.63) is 65.2 Å². The average molecular weight is 361 g/mol. The Kier molecular flexibility index (Phi) is 4.27. The first-order chi connectivity index (χ1) is 13.0. The first-order valence-electron chi connectivity index (χ1n) is 9.29. The Hall–Kier alpha value is -3.00. The molecule has 2 aliphatic heterocycles. The van der Waals surface area contributed by atoms with Gasteiger partial charge >= 0.3 is 6.03 Å². The van der Waals surface area contributed by atoms with Gasteiger partial charge in [0.2, 0.25) is 0 Å². The summed E-state index contributed by atoms with van der Waals surface area (Å²) in [6, 6.07) is 17.7. The van der Waals surface area contributed by atoms with Crippen molar-refractivity contribution in [2.75, 3.05) is 13.1 Å². The van der Waals surface area contributed by atoms with Crippen molar-refractivity contribution in [1.82, 2.24) is 9.80 Å². The van der Waals surface area contributed by atoms with Crippen molar-refractivity contribution in [3.63, 3.8) is 0 Å². The monoisotopic (exact) mass is 361 g/mol. The van der Waals surface area contributed by atoms with E-state index in [-0.39, 0.29) is 17.7 Å². The molecule has 0 aliphatic carbocycles. The molecule has 5 nitrogen and oxygen atoms in total. The summed E-state index contributed by atoms with van der Waals surface area (Å²) in [5.41, 5.74) is 2.30. The van der Waals surface area contributed by atoms with E-state index in [1.165, 1.54) is 0 Å². The summed E-state index contributed by atoms with van der Waals surface area (Å²) < 4.78 is 6.11. The minimum atomic E-state index is -0.362. The fraction of sp³-hybridized carbons (Fsp3) is 0.364. The van der Waals surface area contributed by atoms with E-state index in [1.807, 2.05) is 66.1 Å². The van der Waals surface area contributed by atoms with Crippen molar-refractivity contribution in [2.24, 2.45) is 0 Å². The van der Waals surface area contributed by atoms with Gasteiger partial charge in [-0.25, -0.2) is 4.79 Å². The highest BCUT2D eigenvalue weighted by atomic mass is 16.5. The minimum Gasteiger partial charge on any atom is -0.487 e. The number of fused-ring (bicyclic) bond motifs is 1. The number of hydrogen-bond donors (Lipinski definition) is 0. The Morgan fingerprint density at radius 2 is 1.96 bits per heavy atom. The lowest BCUT2D eigenvalue weighted by Crippen LogP contribution is -2.43. The highest BCUT2D eigenvalue weighted by molar-refractivity contribution is 5.77. The highest BCUT2D eigenvalue weighted by Crippen LogP contribution is 2.44. The van der Waals surface area contributed by atoms with Crippen LogP contribution in [0.1, 0.15) is 43.0 Å². The van der Waals surface area contributed by atoms with Gasteiger partial charge in [0, 0.05) is 31.6 Å². The van der Waals surface area contributed by atoms with Gasteiger partial charge in [-0.15, -0.1) is 0 Å². The molecule has 2 aromatic rings. The van der Waals surface area contributed by atoms with Crippen LogP contribution < -0.4 is 4.74 Å². The molecular formula is C22H23N3O2. The van der Waals surface area contributed by atoms with E-state index in [1.54, 1.807) is 6.07 Å². The number of hydrogen-bond acceptors (Lipinski definition) is 3. The summed E-state index contributed by atoms with van der Waals surface area (Å²) in [6.45, 7) is 6.10. The number of urea groups is 1. The summed E-state index contributed by atoms with van der Waals surface area (Å²) in [5.74, 6) is 0.768. The van der Waals surface area contributed by atoms with Crippen molar-refractivity contribution >= 4 is 6.03 Å². The molecule has 2 amide bonds. The molecule has 5 heteroatoms. The van der Waals surface area contributed by atoms with Crippen molar-refractivity contribution in [2.45, 2.75) is 38.5 Å². The molecule has 1 saturated heterocycles. The van der Waals surface area contributed by atoms with Crippen molar-refractivity contribution in [1.29, 1.82) is 5.26 Å². The van der Waals surface area contributed by atoms with Crippen LogP contribution in [0.2, 0.25) is 0 Å². The highest BCUT2D eigenvalue weighted by Gasteiger charge is 2.42. The fourth-order valence-electron chi connectivity index (χ4n) is 4.01. The van der Waals surface area contributed by atoms with E-state index in [0.29, 0.717) is 31.6 Å². The molecule has 0 spiro atoms. The molecule has 27 heavy (non-hydrogen) atoms. The third-order valence-corrected chi connectivity index (χ3v) is 5.29. The van der Waals surface area contributed by atoms with Crippen molar-refractivity contribution in [3.8, 4) is 11.8 Å². The van der Waals surface area contributed by atoms with Crippen LogP contribution in [0.3, 0.4) is 0 Å². The first-order valence-corrected chi connectivity index (χ1v) is 9.29. The molecule has 138 valence electrons. The SMILES string of the molecule is CC1(C)CC(N2CCN(Cc3ccccc3)C2=O)c2cc(C#N)ccc2O1. The molecule has 2 aliphatic rings. The second-order valence-corrected chi connectivity index (χ2v) is 7.83. The number of carbonyl (C=O) groups is 1. The zero-order valence-corrected chi connectivity index (χ0v) is 15.7. The zero-order valence-electron chi connectivity index (χ0n) is 15.7. The number of rotatable bonds is 3. The molecule has 2 aromatic carbocycles. The molecule has 1 unspecified atom stereocenters. The normalized spacial score (nSPS) is 20.8. The van der Waals surface area contributed by atoms with Gasteiger partial charge in [-0.3, -0.25) is 0 Å². The number of amides is 2. The quantitative estimate of drug-likeness (QED) is 0.827. The standard InChI is InChI=1S/C22H23N3O2/c1-22(2)13-19(18-12-17(14-23)8-9-20(18)27-22)25-11-10-24(21(25)26)15-16-6-4-3-5-7-16/h3-9,12,19H,10-11,13,15H2,1-2H3. The predicted molar refractivity (Wildman–Crippen MR) is 102 cm³/mol. The maximum absolute atomic E-state index is 13.1. The van der Waals surface area contributed by atoms with Gasteiger partial charge in [0.05, 0.1) is 17.7 Å². The molecule has 1 atom stereocenters. The molecule has 0 bridgehead atoms. The van der Waals surface area contributed by atoms with Crippen LogP contribution in [-0.4, -0.2) is 34.5 Å². The van der Waals surface area contributed by atoms with E-state index in [9.17, 15) is 10.1 Å². The summed E-state index contributed by atoms with van der Waals surface area (Å²) in [6.07, 6.45) is 0.708. The van der Waals surface area contributed by atoms with Gasteiger partial charge in [0.25, 0.3) is 0 Å². The van der Waals surface area contributed by atoms with Crippen LogP contribution in [0.15, 0.2) is 48.5 Å². The Bertz CT molecular complexity index is 902. The topological polar surface area (TPSA) is 56.6 Å². The van der Waals surface area contributed by atoms with E-state index >= 15 is 0 Å². The molecule has 0 N–H and O–H groups in total. The Balaban J connectivity index is 1.61. The van der Waals surface area contributed by atoms with Gasteiger partial charge in [0.1, 0.15) is 11.4 Å². The summed E-state index contributed by atoms with van der Waals surface area (Å²) in [7, 11) is 0. The summed E-state index contributed by atoms with van der Waals surface area (Å²) in [5, 5.41) is 9.27. The second-order valence-electron chi connectivity index (χ2n) is 7.83. The van der Waals surface area contributed by atoms with Gasteiger partial charge in [0.15, 0.2) is 0 Å². The van der Waals surface area contributed by atoms with Crippen LogP contribution >= 0.6 is 0 Å². The lowest BCUT2D eigenvalue weighted by atomic mass is 9.88. The third kappa shape index (κ3) is 3.35. The second kappa shape index (κ2) is 6.62. The first kappa shape index (κ1) is 17.4. The Morgan fingerprint density at radius 3 is 2.70 bits per heavy atom. The lowest BCUT2D eigenvalue weighted by molar-refractivity contribution is 0.0440. The van der Waals surface area contributed by atoms with E-state index in [0.717, 1.165) is 16.9 Å². The van der Waals surface area contributed by atoms with Gasteiger partial charge in [-0.2, -0.15) is 5.26 Å². The van der Waals surface area contributed by atoms with E-state index < -0.39 is 0 Å². The maximum atomic E-state index is 13.1. The number of nitrogens with zero attached hydrogens (tertiary/aromatic N) is 3. The number of nitriles is 1. The third-order valence-electron chi connectivity index (χ3n) is 5.29. The fourth-order valence-corrected chi connectivity index (χ4v) is 4.01. The predicted octanol–water partition coefficient (Wildman–Crippen LogP) is 4.10. The number of benzene rings is 2. The number of carbonyl (C=O) groups excluding carboxylic acids is 1. The largest absolute Gasteiger partial charge is 0.487 e. The number of ether oxygens (including phenoxy) is 1. The van der Waals surface area contributed by atoms with Crippen LogP contribution in [-0.2, 0) is 6.54 Å². The van der Waals surface area contributed by atoms with E-state index in [2.05, 4.69) is 6.07 Å². The Morgan fingerprint density at radius 1 is 1.19 bits per heavy atom.